The van der Waals surface area contributed by atoms with E-state index in [0.717, 1.165) is 17.0 Å². The third-order valence-electron chi connectivity index (χ3n) is 4.50. The van der Waals surface area contributed by atoms with Crippen LogP contribution in [0.25, 0.3) is 0 Å². The van der Waals surface area contributed by atoms with E-state index >= 15 is 0 Å². The Bertz CT molecular complexity index is 829. The maximum atomic E-state index is 12.9. The minimum Gasteiger partial charge on any atom is -0.493 e. The average molecular weight is 402 g/mol. The molecule has 1 atom stereocenters. The van der Waals surface area contributed by atoms with E-state index in [4.69, 9.17) is 9.47 Å². The summed E-state index contributed by atoms with van der Waals surface area (Å²) in [6, 6.07) is 13.7. The molecule has 1 amide bonds. The van der Waals surface area contributed by atoms with Crippen LogP contribution in [-0.4, -0.2) is 42.1 Å². The number of anilines is 1. The van der Waals surface area contributed by atoms with Gasteiger partial charge in [0, 0.05) is 23.2 Å². The number of benzene rings is 2. The second-order valence-electron chi connectivity index (χ2n) is 7.63. The summed E-state index contributed by atoms with van der Waals surface area (Å²) in [6.07, 6.45) is 0.802. The molecule has 3 rings (SSSR count). The highest BCUT2D eigenvalue weighted by atomic mass is 32.2. The van der Waals surface area contributed by atoms with Crippen molar-refractivity contribution in [1.82, 2.24) is 0 Å². The van der Waals surface area contributed by atoms with Crippen LogP contribution in [0, 0.1) is 6.92 Å². The fourth-order valence-electron chi connectivity index (χ4n) is 3.00. The minimum absolute atomic E-state index is 0.0835. The lowest BCUT2D eigenvalue weighted by atomic mass is 10.2. The Morgan fingerprint density at radius 3 is 2.54 bits per heavy atom. The molecule has 28 heavy (non-hydrogen) atoms. The molecule has 1 fully saturated rings. The van der Waals surface area contributed by atoms with E-state index in [1.807, 2.05) is 12.1 Å². The highest BCUT2D eigenvalue weighted by Crippen LogP contribution is 2.37. The average Bonchev–Trinajstić information content (AvgIpc) is 3.01. The summed E-state index contributed by atoms with van der Waals surface area (Å²) in [5, 5.41) is 9.77. The van der Waals surface area contributed by atoms with Crippen molar-refractivity contribution in [2.45, 2.75) is 42.9 Å². The highest BCUT2D eigenvalue weighted by molar-refractivity contribution is 8.00. The van der Waals surface area contributed by atoms with Gasteiger partial charge in [0.15, 0.2) is 11.5 Å². The summed E-state index contributed by atoms with van der Waals surface area (Å²) in [6.45, 7) is 6.25. The van der Waals surface area contributed by atoms with Crippen molar-refractivity contribution in [1.29, 1.82) is 0 Å². The fraction of sp³-hybridized carbons (Fsp3) is 0.409. The summed E-state index contributed by atoms with van der Waals surface area (Å²) in [5.74, 6) is 1.20. The Kier molecular flexibility index (Phi) is 6.20. The molecule has 1 N–H and O–H groups in total. The van der Waals surface area contributed by atoms with Crippen molar-refractivity contribution in [2.24, 2.45) is 0 Å². The van der Waals surface area contributed by atoms with Crippen molar-refractivity contribution < 1.29 is 19.4 Å². The van der Waals surface area contributed by atoms with Gasteiger partial charge in [-0.3, -0.25) is 4.79 Å². The van der Waals surface area contributed by atoms with Gasteiger partial charge in [-0.15, -0.1) is 11.8 Å². The molecule has 2 aromatic carbocycles. The van der Waals surface area contributed by atoms with E-state index in [-0.39, 0.29) is 17.8 Å². The Hall–Kier alpha value is -2.18. The number of carbonyl (C=O) groups excluding carboxylic acids is 1. The summed E-state index contributed by atoms with van der Waals surface area (Å²) in [5.41, 5.74) is 1.07. The molecule has 2 aromatic rings. The molecule has 1 aliphatic heterocycles. The van der Waals surface area contributed by atoms with Crippen LogP contribution in [0.2, 0.25) is 0 Å². The zero-order valence-electron chi connectivity index (χ0n) is 16.8. The first kappa shape index (κ1) is 20.6. The first-order valence-corrected chi connectivity index (χ1v) is 10.2. The Labute approximate surface area is 170 Å². The molecule has 0 spiro atoms. The number of methoxy groups -OCH3 is 1. The van der Waals surface area contributed by atoms with Gasteiger partial charge in [-0.1, -0.05) is 17.7 Å². The number of rotatable bonds is 7. The zero-order chi connectivity index (χ0) is 20.3. The van der Waals surface area contributed by atoms with Crippen LogP contribution in [0.1, 0.15) is 25.8 Å². The summed E-state index contributed by atoms with van der Waals surface area (Å²) in [4.78, 5) is 15.8. The Balaban J connectivity index is 1.71. The van der Waals surface area contributed by atoms with Crippen LogP contribution >= 0.6 is 11.8 Å². The SMILES string of the molecule is COc1cc(N2CCC(Sc3ccc(C)cc3)C2=O)ccc1OCC(C)(C)O. The molecule has 0 aliphatic carbocycles. The van der Waals surface area contributed by atoms with Gasteiger partial charge in [0.25, 0.3) is 0 Å². The molecule has 1 saturated heterocycles. The number of hydrogen-bond acceptors (Lipinski definition) is 5. The smallest absolute Gasteiger partial charge is 0.240 e. The van der Waals surface area contributed by atoms with Gasteiger partial charge < -0.3 is 19.5 Å². The first-order chi connectivity index (χ1) is 13.3. The van der Waals surface area contributed by atoms with Crippen molar-refractivity contribution in [3.05, 3.63) is 48.0 Å². The van der Waals surface area contributed by atoms with E-state index in [1.54, 1.807) is 43.7 Å². The molecule has 0 aromatic heterocycles. The monoisotopic (exact) mass is 401 g/mol. The second-order valence-corrected chi connectivity index (χ2v) is 8.91. The van der Waals surface area contributed by atoms with Crippen LogP contribution in [-0.2, 0) is 4.79 Å². The third kappa shape index (κ3) is 5.00. The van der Waals surface area contributed by atoms with Crippen LogP contribution in [0.4, 0.5) is 5.69 Å². The molecule has 6 heteroatoms. The normalized spacial score (nSPS) is 17.1. The maximum absolute atomic E-state index is 12.9. The summed E-state index contributed by atoms with van der Waals surface area (Å²) in [7, 11) is 1.57. The number of aliphatic hydroxyl groups is 1. The van der Waals surface area contributed by atoms with Gasteiger partial charge in [-0.2, -0.15) is 0 Å². The molecule has 0 bridgehead atoms. The molecule has 0 saturated carbocycles. The fourth-order valence-corrected chi connectivity index (χ4v) is 4.07. The predicted octanol–water partition coefficient (Wildman–Crippen LogP) is 4.05. The third-order valence-corrected chi connectivity index (χ3v) is 5.76. The molecular weight excluding hydrogens is 374 g/mol. The molecule has 1 unspecified atom stereocenters. The van der Waals surface area contributed by atoms with Gasteiger partial charge in [0.1, 0.15) is 6.61 Å². The number of amides is 1. The molecular formula is C22H27NO4S. The molecule has 150 valence electrons. The van der Waals surface area contributed by atoms with E-state index < -0.39 is 5.60 Å². The van der Waals surface area contributed by atoms with Crippen LogP contribution in [0.15, 0.2) is 47.4 Å². The number of thioether (sulfide) groups is 1. The van der Waals surface area contributed by atoms with E-state index in [0.29, 0.717) is 18.0 Å². The van der Waals surface area contributed by atoms with Gasteiger partial charge in [-0.25, -0.2) is 0 Å². The van der Waals surface area contributed by atoms with E-state index in [2.05, 4.69) is 31.2 Å². The van der Waals surface area contributed by atoms with Crippen molar-refractivity contribution >= 4 is 23.4 Å². The van der Waals surface area contributed by atoms with Gasteiger partial charge in [0.2, 0.25) is 5.91 Å². The molecule has 0 radical (unpaired) electrons. The molecule has 5 nitrogen and oxygen atoms in total. The van der Waals surface area contributed by atoms with Crippen molar-refractivity contribution in [3.8, 4) is 11.5 Å². The quantitative estimate of drug-likeness (QED) is 0.758. The van der Waals surface area contributed by atoms with Gasteiger partial charge in [0.05, 0.1) is 18.0 Å². The molecule has 1 heterocycles. The van der Waals surface area contributed by atoms with Gasteiger partial charge in [-0.05, 0) is 51.5 Å². The number of nitrogens with zero attached hydrogens (tertiary/aromatic N) is 1. The van der Waals surface area contributed by atoms with Crippen molar-refractivity contribution in [3.63, 3.8) is 0 Å². The number of ether oxygens (including phenoxy) is 2. The van der Waals surface area contributed by atoms with Gasteiger partial charge >= 0.3 is 0 Å². The topological polar surface area (TPSA) is 59.0 Å². The maximum Gasteiger partial charge on any atom is 0.240 e. The van der Waals surface area contributed by atoms with Crippen molar-refractivity contribution in [2.75, 3.05) is 25.2 Å². The molecule has 1 aliphatic rings. The lowest BCUT2D eigenvalue weighted by molar-refractivity contribution is -0.116. The summed E-state index contributed by atoms with van der Waals surface area (Å²) < 4.78 is 11.1. The predicted molar refractivity (Wildman–Crippen MR) is 113 cm³/mol. The lowest BCUT2D eigenvalue weighted by Crippen LogP contribution is -2.28. The Morgan fingerprint density at radius 1 is 1.18 bits per heavy atom. The number of hydrogen-bond donors (Lipinski definition) is 1. The van der Waals surface area contributed by atoms with Crippen LogP contribution in [0.3, 0.4) is 0 Å². The first-order valence-electron chi connectivity index (χ1n) is 9.35. The Morgan fingerprint density at radius 2 is 1.89 bits per heavy atom. The standard InChI is InChI=1S/C22H27NO4S/c1-15-5-8-17(9-6-15)28-20-11-12-23(21(20)24)16-7-10-18(19(13-16)26-4)27-14-22(2,3)25/h5-10,13,20,25H,11-12,14H2,1-4H3. The largest absolute Gasteiger partial charge is 0.493 e. The van der Waals surface area contributed by atoms with Crippen LogP contribution < -0.4 is 14.4 Å². The van der Waals surface area contributed by atoms with Crippen LogP contribution in [0.5, 0.6) is 11.5 Å². The minimum atomic E-state index is -0.935. The zero-order valence-corrected chi connectivity index (χ0v) is 17.6. The second kappa shape index (κ2) is 8.45. The number of aryl methyl sites for hydroxylation is 1. The highest BCUT2D eigenvalue weighted by Gasteiger charge is 2.33. The van der Waals surface area contributed by atoms with E-state index in [1.165, 1.54) is 5.56 Å². The summed E-state index contributed by atoms with van der Waals surface area (Å²) >= 11 is 1.62. The lowest BCUT2D eigenvalue weighted by Gasteiger charge is -2.21. The van der Waals surface area contributed by atoms with E-state index in [9.17, 15) is 9.90 Å². The number of carbonyl (C=O) groups is 1.